The molecule has 5 nitrogen and oxygen atoms in total. The first-order valence-electron chi connectivity index (χ1n) is 8.40. The Morgan fingerprint density at radius 3 is 2.86 bits per heavy atom. The number of rotatable bonds is 5. The standard InChI is InChI=1S/C16H27N3O2/c1-16(2)11-9-13(16)12(14(10-11)18-19-17)6-8-21-15-5-3-4-7-20-15/h11-15H,3-10H2,1-2H3/t11-,12-,13+,14-,15?/m1/s1. The van der Waals surface area contributed by atoms with Gasteiger partial charge in [0.25, 0.3) is 0 Å². The van der Waals surface area contributed by atoms with Crippen LogP contribution in [0.3, 0.4) is 0 Å². The minimum absolute atomic E-state index is 0.0117. The van der Waals surface area contributed by atoms with Gasteiger partial charge in [-0.05, 0) is 67.2 Å². The largest absolute Gasteiger partial charge is 0.353 e. The summed E-state index contributed by atoms with van der Waals surface area (Å²) in [5, 5.41) is 4.07. The first-order valence-corrected chi connectivity index (χ1v) is 8.40. The van der Waals surface area contributed by atoms with Gasteiger partial charge in [0.05, 0.1) is 6.61 Å². The Morgan fingerprint density at radius 1 is 1.33 bits per heavy atom. The number of fused-ring (bicyclic) bond motifs is 2. The predicted molar refractivity (Wildman–Crippen MR) is 80.6 cm³/mol. The summed E-state index contributed by atoms with van der Waals surface area (Å²) in [5.41, 5.74) is 9.21. The summed E-state index contributed by atoms with van der Waals surface area (Å²) in [4.78, 5) is 3.07. The molecular weight excluding hydrogens is 266 g/mol. The van der Waals surface area contributed by atoms with Crippen molar-refractivity contribution in [1.29, 1.82) is 0 Å². The van der Waals surface area contributed by atoms with Crippen molar-refractivity contribution in [3.8, 4) is 0 Å². The number of azide groups is 1. The zero-order valence-electron chi connectivity index (χ0n) is 13.2. The number of ether oxygens (including phenoxy) is 2. The Bertz CT molecular complexity index is 414. The van der Waals surface area contributed by atoms with Gasteiger partial charge in [-0.15, -0.1) is 0 Å². The fourth-order valence-electron chi connectivity index (χ4n) is 4.69. The van der Waals surface area contributed by atoms with Crippen molar-refractivity contribution in [2.24, 2.45) is 28.3 Å². The monoisotopic (exact) mass is 293 g/mol. The van der Waals surface area contributed by atoms with E-state index in [-0.39, 0.29) is 12.3 Å². The lowest BCUT2D eigenvalue weighted by atomic mass is 9.44. The Kier molecular flexibility index (Phi) is 4.43. The highest BCUT2D eigenvalue weighted by Gasteiger charge is 2.57. The molecule has 2 bridgehead atoms. The van der Waals surface area contributed by atoms with E-state index in [0.717, 1.165) is 44.8 Å². The highest BCUT2D eigenvalue weighted by molar-refractivity contribution is 5.08. The molecule has 118 valence electrons. The summed E-state index contributed by atoms with van der Waals surface area (Å²) in [6, 6.07) is 0.169. The van der Waals surface area contributed by atoms with Crippen molar-refractivity contribution < 1.29 is 9.47 Å². The molecule has 0 aromatic carbocycles. The third-order valence-corrected chi connectivity index (χ3v) is 6.18. The minimum atomic E-state index is -0.0117. The SMILES string of the molecule is CC1(C)[C@H]2C[C@@H](N=[N+]=[N-])[C@H](CCOC3CCCCO3)[C@@H]1C2. The Hall–Kier alpha value is -0.770. The second kappa shape index (κ2) is 6.15. The van der Waals surface area contributed by atoms with Gasteiger partial charge in [-0.3, -0.25) is 0 Å². The van der Waals surface area contributed by atoms with Crippen LogP contribution in [0.25, 0.3) is 10.4 Å². The van der Waals surface area contributed by atoms with Gasteiger partial charge in [0.2, 0.25) is 0 Å². The molecule has 1 saturated heterocycles. The maximum absolute atomic E-state index is 8.80. The van der Waals surface area contributed by atoms with Gasteiger partial charge >= 0.3 is 0 Å². The smallest absolute Gasteiger partial charge is 0.157 e. The molecule has 21 heavy (non-hydrogen) atoms. The molecule has 0 aromatic rings. The fraction of sp³-hybridized carbons (Fsp3) is 1.00. The topological polar surface area (TPSA) is 67.2 Å². The van der Waals surface area contributed by atoms with E-state index in [4.69, 9.17) is 15.0 Å². The molecular formula is C16H27N3O2. The first-order chi connectivity index (χ1) is 10.1. The third-order valence-electron chi connectivity index (χ3n) is 6.18. The van der Waals surface area contributed by atoms with Crippen LogP contribution in [0.4, 0.5) is 0 Å². The van der Waals surface area contributed by atoms with Crippen molar-refractivity contribution >= 4 is 0 Å². The van der Waals surface area contributed by atoms with E-state index in [2.05, 4.69) is 23.9 Å². The number of hydrogen-bond donors (Lipinski definition) is 0. The molecule has 3 saturated carbocycles. The van der Waals surface area contributed by atoms with E-state index >= 15 is 0 Å². The van der Waals surface area contributed by atoms with Crippen LogP contribution < -0.4 is 0 Å². The fourth-order valence-corrected chi connectivity index (χ4v) is 4.69. The van der Waals surface area contributed by atoms with E-state index in [1.807, 2.05) is 0 Å². The first kappa shape index (κ1) is 15.1. The molecule has 4 fully saturated rings. The molecule has 0 amide bonds. The predicted octanol–water partition coefficient (Wildman–Crippen LogP) is 4.28. The molecule has 4 rings (SSSR count). The van der Waals surface area contributed by atoms with Crippen LogP contribution in [0.5, 0.6) is 0 Å². The lowest BCUT2D eigenvalue weighted by Crippen LogP contribution is -2.57. The second-order valence-electron chi connectivity index (χ2n) is 7.49. The molecule has 1 aliphatic heterocycles. The molecule has 1 unspecified atom stereocenters. The highest BCUT2D eigenvalue weighted by Crippen LogP contribution is 2.62. The molecule has 5 heteroatoms. The minimum Gasteiger partial charge on any atom is -0.353 e. The molecule has 0 spiro atoms. The van der Waals surface area contributed by atoms with E-state index in [9.17, 15) is 0 Å². The number of nitrogens with zero attached hydrogens (tertiary/aromatic N) is 3. The average molecular weight is 293 g/mol. The van der Waals surface area contributed by atoms with Crippen LogP contribution in [-0.2, 0) is 9.47 Å². The van der Waals surface area contributed by atoms with Crippen molar-refractivity contribution in [3.05, 3.63) is 10.4 Å². The van der Waals surface area contributed by atoms with Gasteiger partial charge in [0.15, 0.2) is 6.29 Å². The quantitative estimate of drug-likeness (QED) is 0.431. The second-order valence-corrected chi connectivity index (χ2v) is 7.49. The molecule has 4 aliphatic rings. The van der Waals surface area contributed by atoms with Gasteiger partial charge in [0, 0.05) is 17.6 Å². The molecule has 0 aromatic heterocycles. The summed E-state index contributed by atoms with van der Waals surface area (Å²) in [6.45, 7) is 6.29. The maximum Gasteiger partial charge on any atom is 0.157 e. The lowest BCUT2D eigenvalue weighted by Gasteiger charge is -2.62. The van der Waals surface area contributed by atoms with Crippen LogP contribution in [0, 0.1) is 23.2 Å². The van der Waals surface area contributed by atoms with E-state index in [0.29, 0.717) is 17.3 Å². The van der Waals surface area contributed by atoms with Crippen molar-refractivity contribution in [1.82, 2.24) is 0 Å². The van der Waals surface area contributed by atoms with Gasteiger partial charge in [-0.1, -0.05) is 19.0 Å². The normalized spacial score (nSPS) is 41.0. The van der Waals surface area contributed by atoms with Crippen molar-refractivity contribution in [2.75, 3.05) is 13.2 Å². The van der Waals surface area contributed by atoms with Gasteiger partial charge < -0.3 is 9.47 Å². The Morgan fingerprint density at radius 2 is 2.19 bits per heavy atom. The molecule has 5 atom stereocenters. The molecule has 3 aliphatic carbocycles. The maximum atomic E-state index is 8.80. The van der Waals surface area contributed by atoms with Crippen LogP contribution in [0.15, 0.2) is 5.11 Å². The van der Waals surface area contributed by atoms with E-state index in [1.165, 1.54) is 12.8 Å². The zero-order valence-corrected chi connectivity index (χ0v) is 13.2. The summed E-state index contributed by atoms with van der Waals surface area (Å²) in [7, 11) is 0. The van der Waals surface area contributed by atoms with Crippen molar-refractivity contribution in [2.45, 2.75) is 64.7 Å². The van der Waals surface area contributed by atoms with Crippen LogP contribution >= 0.6 is 0 Å². The molecule has 0 N–H and O–H groups in total. The van der Waals surface area contributed by atoms with Gasteiger partial charge in [-0.25, -0.2) is 0 Å². The third kappa shape index (κ3) is 2.92. The summed E-state index contributed by atoms with van der Waals surface area (Å²) >= 11 is 0. The summed E-state index contributed by atoms with van der Waals surface area (Å²) < 4.78 is 11.5. The van der Waals surface area contributed by atoms with Gasteiger partial charge in [-0.2, -0.15) is 0 Å². The Labute approximate surface area is 127 Å². The summed E-state index contributed by atoms with van der Waals surface area (Å²) in [5.74, 6) is 1.89. The number of hydrogen-bond acceptors (Lipinski definition) is 3. The van der Waals surface area contributed by atoms with Crippen molar-refractivity contribution in [3.63, 3.8) is 0 Å². The molecule has 0 radical (unpaired) electrons. The van der Waals surface area contributed by atoms with Crippen LogP contribution in [-0.4, -0.2) is 25.5 Å². The Balaban J connectivity index is 1.54. The molecule has 1 heterocycles. The highest BCUT2D eigenvalue weighted by atomic mass is 16.7. The average Bonchev–Trinajstić information content (AvgIpc) is 2.49. The summed E-state index contributed by atoms with van der Waals surface area (Å²) in [6.07, 6.45) is 6.70. The van der Waals surface area contributed by atoms with Crippen LogP contribution in [0.1, 0.15) is 52.4 Å². The zero-order chi connectivity index (χ0) is 14.9. The van der Waals surface area contributed by atoms with E-state index < -0.39 is 0 Å². The van der Waals surface area contributed by atoms with Crippen LogP contribution in [0.2, 0.25) is 0 Å². The van der Waals surface area contributed by atoms with E-state index in [1.54, 1.807) is 0 Å². The van der Waals surface area contributed by atoms with Gasteiger partial charge in [0.1, 0.15) is 0 Å². The lowest BCUT2D eigenvalue weighted by molar-refractivity contribution is -0.173.